The molecule has 0 saturated heterocycles. The van der Waals surface area contributed by atoms with Crippen molar-refractivity contribution in [2.75, 3.05) is 6.61 Å². The van der Waals surface area contributed by atoms with Crippen LogP contribution in [-0.4, -0.2) is 16.7 Å². The van der Waals surface area contributed by atoms with Crippen molar-refractivity contribution >= 4 is 0 Å². The molecule has 1 N–H and O–H groups in total. The second-order valence-corrected chi connectivity index (χ2v) is 3.72. The van der Waals surface area contributed by atoms with Crippen LogP contribution < -0.4 is 4.74 Å². The van der Waals surface area contributed by atoms with Crippen molar-refractivity contribution in [1.82, 2.24) is 4.98 Å². The predicted octanol–water partition coefficient (Wildman–Crippen LogP) is 2.56. The van der Waals surface area contributed by atoms with E-state index in [1.165, 1.54) is 0 Å². The van der Waals surface area contributed by atoms with Gasteiger partial charge in [0.1, 0.15) is 5.75 Å². The van der Waals surface area contributed by atoms with E-state index in [0.29, 0.717) is 6.61 Å². The van der Waals surface area contributed by atoms with Gasteiger partial charge in [0.05, 0.1) is 18.9 Å². The monoisotopic (exact) mass is 209 g/mol. The van der Waals surface area contributed by atoms with Gasteiger partial charge in [-0.2, -0.15) is 0 Å². The Balaban J connectivity index is 2.80. The minimum atomic E-state index is -0.456. The molecule has 0 radical (unpaired) electrons. The first kappa shape index (κ1) is 12.0. The van der Waals surface area contributed by atoms with Crippen LogP contribution in [0.1, 0.15) is 38.9 Å². The third-order valence-corrected chi connectivity index (χ3v) is 2.57. The highest BCUT2D eigenvalue weighted by molar-refractivity contribution is 5.25. The van der Waals surface area contributed by atoms with E-state index < -0.39 is 6.10 Å². The van der Waals surface area contributed by atoms with Gasteiger partial charge in [-0.15, -0.1) is 0 Å². The third kappa shape index (κ3) is 3.20. The molecule has 2 unspecified atom stereocenters. The summed E-state index contributed by atoms with van der Waals surface area (Å²) in [4.78, 5) is 4.06. The molecule has 0 bridgehead atoms. The first-order valence-corrected chi connectivity index (χ1v) is 5.44. The molecule has 1 rings (SSSR count). The number of aromatic nitrogens is 1. The molecule has 3 nitrogen and oxygen atoms in total. The topological polar surface area (TPSA) is 42.4 Å². The molecule has 2 atom stereocenters. The van der Waals surface area contributed by atoms with E-state index in [-0.39, 0.29) is 5.92 Å². The molecular formula is C12H19NO2. The van der Waals surface area contributed by atoms with Gasteiger partial charge in [-0.05, 0) is 18.9 Å². The fourth-order valence-corrected chi connectivity index (χ4v) is 1.39. The lowest BCUT2D eigenvalue weighted by Gasteiger charge is -2.17. The lowest BCUT2D eigenvalue weighted by Crippen LogP contribution is -2.08. The van der Waals surface area contributed by atoms with Crippen molar-refractivity contribution in [2.45, 2.75) is 33.3 Å². The molecule has 0 aromatic carbocycles. The van der Waals surface area contributed by atoms with E-state index in [1.54, 1.807) is 12.4 Å². The summed E-state index contributed by atoms with van der Waals surface area (Å²) in [6, 6.07) is 1.85. The van der Waals surface area contributed by atoms with Gasteiger partial charge in [-0.25, -0.2) is 0 Å². The summed E-state index contributed by atoms with van der Waals surface area (Å²) in [5.74, 6) is 0.959. The van der Waals surface area contributed by atoms with Gasteiger partial charge < -0.3 is 9.84 Å². The molecule has 0 aliphatic rings. The second kappa shape index (κ2) is 5.71. The lowest BCUT2D eigenvalue weighted by atomic mass is 9.96. The lowest BCUT2D eigenvalue weighted by molar-refractivity contribution is 0.115. The highest BCUT2D eigenvalue weighted by Crippen LogP contribution is 2.25. The fourth-order valence-electron chi connectivity index (χ4n) is 1.39. The van der Waals surface area contributed by atoms with Crippen LogP contribution in [0.5, 0.6) is 5.75 Å². The molecule has 0 fully saturated rings. The number of rotatable bonds is 5. The zero-order chi connectivity index (χ0) is 11.3. The van der Waals surface area contributed by atoms with Gasteiger partial charge in [-0.1, -0.05) is 20.3 Å². The van der Waals surface area contributed by atoms with Gasteiger partial charge in [0, 0.05) is 11.8 Å². The molecule has 0 saturated carbocycles. The van der Waals surface area contributed by atoms with Crippen molar-refractivity contribution in [1.29, 1.82) is 0 Å². The maximum atomic E-state index is 9.99. The Labute approximate surface area is 91.1 Å². The number of ether oxygens (including phenoxy) is 1. The average molecular weight is 209 g/mol. The number of hydrogen-bond donors (Lipinski definition) is 1. The number of aliphatic hydroxyl groups excluding tert-OH is 1. The van der Waals surface area contributed by atoms with Crippen LogP contribution >= 0.6 is 0 Å². The van der Waals surface area contributed by atoms with Crippen molar-refractivity contribution in [3.05, 3.63) is 24.0 Å². The third-order valence-electron chi connectivity index (χ3n) is 2.57. The van der Waals surface area contributed by atoms with E-state index in [9.17, 15) is 5.11 Å². The van der Waals surface area contributed by atoms with Crippen LogP contribution in [-0.2, 0) is 0 Å². The summed E-state index contributed by atoms with van der Waals surface area (Å²) >= 11 is 0. The molecule has 1 aromatic heterocycles. The Hall–Kier alpha value is -1.09. The fraction of sp³-hybridized carbons (Fsp3) is 0.583. The van der Waals surface area contributed by atoms with E-state index in [0.717, 1.165) is 17.7 Å². The number of aliphatic hydroxyl groups is 1. The first-order valence-electron chi connectivity index (χ1n) is 5.44. The Kier molecular flexibility index (Phi) is 4.56. The van der Waals surface area contributed by atoms with Gasteiger partial charge >= 0.3 is 0 Å². The summed E-state index contributed by atoms with van der Waals surface area (Å²) in [6.45, 7) is 6.63. The Bertz CT molecular complexity index is 301. The number of nitrogens with zero attached hydrogens (tertiary/aromatic N) is 1. The summed E-state index contributed by atoms with van der Waals surface area (Å²) in [5.41, 5.74) is 0.829. The van der Waals surface area contributed by atoms with Gasteiger partial charge in [-0.3, -0.25) is 4.98 Å². The van der Waals surface area contributed by atoms with Crippen molar-refractivity contribution in [2.24, 2.45) is 5.92 Å². The minimum absolute atomic E-state index is 0.240. The largest absolute Gasteiger partial charge is 0.492 e. The Morgan fingerprint density at radius 1 is 1.40 bits per heavy atom. The summed E-state index contributed by atoms with van der Waals surface area (Å²) < 4.78 is 5.34. The quantitative estimate of drug-likeness (QED) is 0.810. The maximum Gasteiger partial charge on any atom is 0.137 e. The summed E-state index contributed by atoms with van der Waals surface area (Å²) in [7, 11) is 0. The molecular weight excluding hydrogens is 190 g/mol. The molecule has 15 heavy (non-hydrogen) atoms. The number of hydrogen-bond acceptors (Lipinski definition) is 3. The standard InChI is InChI=1S/C12H19NO2/c1-4-9(3)12(14)10-6-11(15-5-2)8-13-7-10/h6-9,12,14H,4-5H2,1-3H3. The van der Waals surface area contributed by atoms with Crippen LogP contribution in [0.25, 0.3) is 0 Å². The zero-order valence-electron chi connectivity index (χ0n) is 9.60. The first-order chi connectivity index (χ1) is 7.19. The Morgan fingerprint density at radius 3 is 2.73 bits per heavy atom. The maximum absolute atomic E-state index is 9.99. The number of pyridine rings is 1. The average Bonchev–Trinajstić information content (AvgIpc) is 2.28. The molecule has 0 aliphatic carbocycles. The van der Waals surface area contributed by atoms with E-state index in [4.69, 9.17) is 4.74 Å². The second-order valence-electron chi connectivity index (χ2n) is 3.72. The van der Waals surface area contributed by atoms with Crippen LogP contribution in [0.15, 0.2) is 18.5 Å². The molecule has 1 aromatic rings. The highest BCUT2D eigenvalue weighted by atomic mass is 16.5. The molecule has 0 amide bonds. The molecule has 84 valence electrons. The van der Waals surface area contributed by atoms with Crippen LogP contribution in [0.3, 0.4) is 0 Å². The van der Waals surface area contributed by atoms with Crippen molar-refractivity contribution in [3.8, 4) is 5.75 Å². The SMILES string of the molecule is CCOc1cncc(C(O)C(C)CC)c1. The van der Waals surface area contributed by atoms with E-state index >= 15 is 0 Å². The summed E-state index contributed by atoms with van der Waals surface area (Å²) in [5, 5.41) is 9.99. The van der Waals surface area contributed by atoms with E-state index in [2.05, 4.69) is 11.9 Å². The minimum Gasteiger partial charge on any atom is -0.492 e. The predicted molar refractivity (Wildman–Crippen MR) is 59.8 cm³/mol. The zero-order valence-corrected chi connectivity index (χ0v) is 9.60. The van der Waals surface area contributed by atoms with Crippen molar-refractivity contribution in [3.63, 3.8) is 0 Å². The molecule has 1 heterocycles. The normalized spacial score (nSPS) is 14.7. The van der Waals surface area contributed by atoms with Crippen LogP contribution in [0, 0.1) is 5.92 Å². The summed E-state index contributed by atoms with van der Waals surface area (Å²) in [6.07, 6.45) is 3.85. The smallest absolute Gasteiger partial charge is 0.137 e. The van der Waals surface area contributed by atoms with Crippen molar-refractivity contribution < 1.29 is 9.84 Å². The molecule has 0 aliphatic heterocycles. The van der Waals surface area contributed by atoms with Crippen LogP contribution in [0.2, 0.25) is 0 Å². The van der Waals surface area contributed by atoms with Crippen LogP contribution in [0.4, 0.5) is 0 Å². The van der Waals surface area contributed by atoms with Gasteiger partial charge in [0.2, 0.25) is 0 Å². The molecule has 3 heteroatoms. The highest BCUT2D eigenvalue weighted by Gasteiger charge is 2.15. The van der Waals surface area contributed by atoms with Gasteiger partial charge in [0.25, 0.3) is 0 Å². The Morgan fingerprint density at radius 2 is 2.13 bits per heavy atom. The van der Waals surface area contributed by atoms with Gasteiger partial charge in [0.15, 0.2) is 0 Å². The molecule has 0 spiro atoms. The van der Waals surface area contributed by atoms with E-state index in [1.807, 2.05) is 19.9 Å².